The van der Waals surface area contributed by atoms with Crippen molar-refractivity contribution in [3.05, 3.63) is 24.3 Å². The smallest absolute Gasteiger partial charge is 0.232 e. The number of benzene rings is 1. The van der Waals surface area contributed by atoms with E-state index in [9.17, 15) is 16.8 Å². The standard InChI is InChI=1S/C15H23NO4S2/c1-2-3-12-21(17,18)16-13-8-10-15(11-9-13)22(19,20)14-6-4-5-7-14/h8-11,14,16H,2-7,12H2,1H3. The Labute approximate surface area is 133 Å². The molecule has 2 rings (SSSR count). The molecule has 7 heteroatoms. The molecule has 1 aliphatic carbocycles. The van der Waals surface area contributed by atoms with Gasteiger partial charge in [0.05, 0.1) is 15.9 Å². The third kappa shape index (κ3) is 4.23. The first kappa shape index (κ1) is 17.3. The van der Waals surface area contributed by atoms with E-state index in [1.807, 2.05) is 6.92 Å². The van der Waals surface area contributed by atoms with Crippen LogP contribution in [0.2, 0.25) is 0 Å². The number of hydrogen-bond acceptors (Lipinski definition) is 4. The molecule has 0 aliphatic heterocycles. The molecule has 0 atom stereocenters. The number of unbranched alkanes of at least 4 members (excludes halogenated alkanes) is 1. The third-order valence-corrected chi connectivity index (χ3v) is 7.61. The van der Waals surface area contributed by atoms with Crippen molar-refractivity contribution in [2.45, 2.75) is 55.6 Å². The second-order valence-corrected chi connectivity index (χ2v) is 9.82. The molecule has 0 spiro atoms. The summed E-state index contributed by atoms with van der Waals surface area (Å²) >= 11 is 0. The molecule has 124 valence electrons. The molecule has 0 saturated heterocycles. The van der Waals surface area contributed by atoms with Gasteiger partial charge in [-0.3, -0.25) is 4.72 Å². The Balaban J connectivity index is 2.10. The van der Waals surface area contributed by atoms with Gasteiger partial charge in [0.2, 0.25) is 10.0 Å². The molecule has 22 heavy (non-hydrogen) atoms. The lowest BCUT2D eigenvalue weighted by Gasteiger charge is -2.12. The molecule has 0 aromatic heterocycles. The summed E-state index contributed by atoms with van der Waals surface area (Å²) in [5.74, 6) is 0.0750. The molecule has 0 amide bonds. The van der Waals surface area contributed by atoms with Crippen molar-refractivity contribution in [3.63, 3.8) is 0 Å². The largest absolute Gasteiger partial charge is 0.284 e. The summed E-state index contributed by atoms with van der Waals surface area (Å²) in [5, 5.41) is -0.292. The lowest BCUT2D eigenvalue weighted by atomic mass is 10.3. The van der Waals surface area contributed by atoms with E-state index in [2.05, 4.69) is 4.72 Å². The van der Waals surface area contributed by atoms with Gasteiger partial charge in [0, 0.05) is 5.69 Å². The minimum atomic E-state index is -3.36. The Morgan fingerprint density at radius 1 is 1.05 bits per heavy atom. The monoisotopic (exact) mass is 345 g/mol. The summed E-state index contributed by atoms with van der Waals surface area (Å²) in [4.78, 5) is 0.274. The third-order valence-electron chi connectivity index (χ3n) is 3.96. The van der Waals surface area contributed by atoms with E-state index in [4.69, 9.17) is 0 Å². The molecule has 1 N–H and O–H groups in total. The zero-order chi connectivity index (χ0) is 16.2. The van der Waals surface area contributed by atoms with Crippen LogP contribution >= 0.6 is 0 Å². The maximum Gasteiger partial charge on any atom is 0.232 e. The average Bonchev–Trinajstić information content (AvgIpc) is 3.00. The van der Waals surface area contributed by atoms with Gasteiger partial charge in [-0.15, -0.1) is 0 Å². The van der Waals surface area contributed by atoms with Gasteiger partial charge >= 0.3 is 0 Å². The van der Waals surface area contributed by atoms with Crippen molar-refractivity contribution >= 4 is 25.5 Å². The number of anilines is 1. The number of sulfone groups is 1. The van der Waals surface area contributed by atoms with Crippen LogP contribution in [-0.4, -0.2) is 27.8 Å². The highest BCUT2D eigenvalue weighted by atomic mass is 32.2. The second kappa shape index (κ2) is 7.00. The van der Waals surface area contributed by atoms with E-state index in [-0.39, 0.29) is 15.9 Å². The van der Waals surface area contributed by atoms with Gasteiger partial charge in [0.25, 0.3) is 0 Å². The van der Waals surface area contributed by atoms with Gasteiger partial charge in [-0.05, 0) is 43.5 Å². The fourth-order valence-electron chi connectivity index (χ4n) is 2.67. The first-order valence-corrected chi connectivity index (χ1v) is 10.9. The van der Waals surface area contributed by atoms with Crippen LogP contribution in [0.4, 0.5) is 5.69 Å². The Hall–Kier alpha value is -1.08. The van der Waals surface area contributed by atoms with Crippen LogP contribution in [0.3, 0.4) is 0 Å². The van der Waals surface area contributed by atoms with Gasteiger partial charge in [0.1, 0.15) is 0 Å². The average molecular weight is 345 g/mol. The van der Waals surface area contributed by atoms with E-state index < -0.39 is 19.9 Å². The van der Waals surface area contributed by atoms with Crippen LogP contribution < -0.4 is 4.72 Å². The molecule has 1 aromatic rings. The summed E-state index contributed by atoms with van der Waals surface area (Å²) in [7, 11) is -6.65. The van der Waals surface area contributed by atoms with E-state index in [1.165, 1.54) is 24.3 Å². The summed E-state index contributed by atoms with van der Waals surface area (Å²) in [6.45, 7) is 1.93. The van der Waals surface area contributed by atoms with E-state index in [0.29, 0.717) is 24.9 Å². The number of sulfonamides is 1. The first-order chi connectivity index (χ1) is 10.3. The molecular weight excluding hydrogens is 322 g/mol. The number of rotatable bonds is 7. The first-order valence-electron chi connectivity index (χ1n) is 7.69. The van der Waals surface area contributed by atoms with Gasteiger partial charge in [-0.25, -0.2) is 16.8 Å². The lowest BCUT2D eigenvalue weighted by Crippen LogP contribution is -2.18. The topological polar surface area (TPSA) is 80.3 Å². The number of nitrogens with one attached hydrogen (secondary N) is 1. The maximum absolute atomic E-state index is 12.4. The minimum absolute atomic E-state index is 0.0750. The van der Waals surface area contributed by atoms with Crippen molar-refractivity contribution < 1.29 is 16.8 Å². The molecule has 1 saturated carbocycles. The SMILES string of the molecule is CCCCS(=O)(=O)Nc1ccc(S(=O)(=O)C2CCCC2)cc1. The van der Waals surface area contributed by atoms with Crippen LogP contribution in [0.1, 0.15) is 45.4 Å². The maximum atomic E-state index is 12.4. The van der Waals surface area contributed by atoms with Crippen molar-refractivity contribution in [1.29, 1.82) is 0 Å². The van der Waals surface area contributed by atoms with Gasteiger partial charge in [0.15, 0.2) is 9.84 Å². The highest BCUT2D eigenvalue weighted by Crippen LogP contribution is 2.30. The van der Waals surface area contributed by atoms with Crippen molar-refractivity contribution in [2.75, 3.05) is 10.5 Å². The normalized spacial score (nSPS) is 16.8. The van der Waals surface area contributed by atoms with Crippen molar-refractivity contribution in [2.24, 2.45) is 0 Å². The van der Waals surface area contributed by atoms with Gasteiger partial charge in [-0.1, -0.05) is 26.2 Å². The van der Waals surface area contributed by atoms with Crippen LogP contribution in [0.5, 0.6) is 0 Å². The zero-order valence-corrected chi connectivity index (χ0v) is 14.4. The molecule has 0 radical (unpaired) electrons. The Kier molecular flexibility index (Phi) is 5.50. The van der Waals surface area contributed by atoms with E-state index in [0.717, 1.165) is 19.3 Å². The minimum Gasteiger partial charge on any atom is -0.284 e. The highest BCUT2D eigenvalue weighted by molar-refractivity contribution is 7.92. The van der Waals surface area contributed by atoms with Crippen LogP contribution in [0, 0.1) is 0 Å². The predicted octanol–water partition coefficient (Wildman–Crippen LogP) is 2.94. The molecular formula is C15H23NO4S2. The fraction of sp³-hybridized carbons (Fsp3) is 0.600. The Bertz CT molecular complexity index is 688. The summed E-state index contributed by atoms with van der Waals surface area (Å²) in [6.07, 6.45) is 4.75. The summed E-state index contributed by atoms with van der Waals surface area (Å²) in [6, 6.07) is 6.02. The number of hydrogen-bond donors (Lipinski definition) is 1. The van der Waals surface area contributed by atoms with E-state index >= 15 is 0 Å². The van der Waals surface area contributed by atoms with E-state index in [1.54, 1.807) is 0 Å². The van der Waals surface area contributed by atoms with Crippen LogP contribution in [0.15, 0.2) is 29.2 Å². The van der Waals surface area contributed by atoms with Gasteiger partial charge < -0.3 is 0 Å². The molecule has 0 unspecified atom stereocenters. The summed E-state index contributed by atoms with van der Waals surface area (Å²) in [5.41, 5.74) is 0.404. The van der Waals surface area contributed by atoms with Crippen LogP contribution in [0.25, 0.3) is 0 Å². The molecule has 0 heterocycles. The lowest BCUT2D eigenvalue weighted by molar-refractivity contribution is 0.579. The highest BCUT2D eigenvalue weighted by Gasteiger charge is 2.30. The molecule has 1 aromatic carbocycles. The fourth-order valence-corrected chi connectivity index (χ4v) is 5.79. The molecule has 5 nitrogen and oxygen atoms in total. The Morgan fingerprint density at radius 3 is 2.18 bits per heavy atom. The predicted molar refractivity (Wildman–Crippen MR) is 88.2 cm³/mol. The quantitative estimate of drug-likeness (QED) is 0.824. The molecule has 0 bridgehead atoms. The van der Waals surface area contributed by atoms with Gasteiger partial charge in [-0.2, -0.15) is 0 Å². The van der Waals surface area contributed by atoms with Crippen molar-refractivity contribution in [1.82, 2.24) is 0 Å². The zero-order valence-electron chi connectivity index (χ0n) is 12.8. The van der Waals surface area contributed by atoms with Crippen molar-refractivity contribution in [3.8, 4) is 0 Å². The molecule has 1 aliphatic rings. The summed E-state index contributed by atoms with van der Waals surface area (Å²) < 4.78 is 51.0. The Morgan fingerprint density at radius 2 is 1.64 bits per heavy atom. The van der Waals surface area contributed by atoms with Crippen LogP contribution in [-0.2, 0) is 19.9 Å². The molecule has 1 fully saturated rings. The second-order valence-electron chi connectivity index (χ2n) is 5.75.